The van der Waals surface area contributed by atoms with Gasteiger partial charge in [0.05, 0.1) is 0 Å². The minimum Gasteiger partial charge on any atom is -0.445 e. The first-order valence-electron chi connectivity index (χ1n) is 4.58. The first-order valence-corrected chi connectivity index (χ1v) is 5.34. The molecule has 4 nitrogen and oxygen atoms in total. The van der Waals surface area contributed by atoms with Crippen molar-refractivity contribution in [3.63, 3.8) is 0 Å². The van der Waals surface area contributed by atoms with Crippen LogP contribution in [-0.4, -0.2) is 22.9 Å². The van der Waals surface area contributed by atoms with Crippen LogP contribution in [0.15, 0.2) is 23.8 Å². The van der Waals surface area contributed by atoms with Gasteiger partial charge in [-0.15, -0.1) is 0 Å². The first-order chi connectivity index (χ1) is 7.41. The Morgan fingerprint density at radius 3 is 2.81 bits per heavy atom. The molecule has 0 aromatic heterocycles. The van der Waals surface area contributed by atoms with Crippen LogP contribution in [0.3, 0.4) is 0 Å². The molecule has 0 heterocycles. The summed E-state index contributed by atoms with van der Waals surface area (Å²) in [5.41, 5.74) is 0.444. The van der Waals surface area contributed by atoms with E-state index >= 15 is 0 Å². The number of carbonyl (C=O) groups excluding carboxylic acids is 2. The Bertz CT molecular complexity index is 361. The summed E-state index contributed by atoms with van der Waals surface area (Å²) in [6.45, 7) is 1.10. The quantitative estimate of drug-likeness (QED) is 0.479. The Hall–Kier alpha value is -1.000. The molecule has 1 rings (SSSR count). The van der Waals surface area contributed by atoms with Gasteiger partial charge < -0.3 is 10.1 Å². The van der Waals surface area contributed by atoms with E-state index in [1.54, 1.807) is 18.2 Å². The molecule has 0 saturated carbocycles. The fourth-order valence-corrected chi connectivity index (χ4v) is 1.58. The van der Waals surface area contributed by atoms with Crippen LogP contribution >= 0.6 is 23.2 Å². The van der Waals surface area contributed by atoms with E-state index in [0.717, 1.165) is 0 Å². The van der Waals surface area contributed by atoms with Crippen LogP contribution in [-0.2, 0) is 14.3 Å². The summed E-state index contributed by atoms with van der Waals surface area (Å²) in [5, 5.41) is 2.42. The number of hydrogen-bond acceptors (Lipinski definition) is 3. The largest absolute Gasteiger partial charge is 0.445 e. The standard InChI is InChI=1S/C10H11Cl2NO3/c1-7(14)16-6-13-9(15)8-3-2-4-10(11,12)5-8/h2-4H,5-6H2,1H3,(H,13,15). The van der Waals surface area contributed by atoms with E-state index in [-0.39, 0.29) is 19.1 Å². The van der Waals surface area contributed by atoms with Crippen LogP contribution in [0.4, 0.5) is 0 Å². The molecule has 0 unspecified atom stereocenters. The van der Waals surface area contributed by atoms with Crippen LogP contribution in [0.2, 0.25) is 0 Å². The molecule has 0 bridgehead atoms. The van der Waals surface area contributed by atoms with Gasteiger partial charge in [-0.25, -0.2) is 0 Å². The van der Waals surface area contributed by atoms with Crippen molar-refractivity contribution in [2.45, 2.75) is 17.7 Å². The van der Waals surface area contributed by atoms with E-state index < -0.39 is 10.3 Å². The Labute approximate surface area is 103 Å². The van der Waals surface area contributed by atoms with Crippen LogP contribution < -0.4 is 5.32 Å². The number of rotatable bonds is 3. The van der Waals surface area contributed by atoms with Gasteiger partial charge in [0.1, 0.15) is 4.33 Å². The molecule has 0 atom stereocenters. The SMILES string of the molecule is CC(=O)OCNC(=O)C1=CC=CC(Cl)(Cl)C1. The summed E-state index contributed by atoms with van der Waals surface area (Å²) in [5.74, 6) is -0.807. The van der Waals surface area contributed by atoms with E-state index in [9.17, 15) is 9.59 Å². The van der Waals surface area contributed by atoms with Crippen molar-refractivity contribution in [1.29, 1.82) is 0 Å². The zero-order valence-electron chi connectivity index (χ0n) is 8.63. The number of esters is 1. The summed E-state index contributed by atoms with van der Waals surface area (Å²) >= 11 is 11.7. The molecule has 0 aromatic carbocycles. The fraction of sp³-hybridized carbons (Fsp3) is 0.400. The van der Waals surface area contributed by atoms with Gasteiger partial charge in [-0.2, -0.15) is 0 Å². The molecule has 0 spiro atoms. The number of ether oxygens (including phenoxy) is 1. The number of nitrogens with one attached hydrogen (secondary N) is 1. The van der Waals surface area contributed by atoms with Gasteiger partial charge in [0, 0.05) is 18.9 Å². The molecule has 0 aliphatic heterocycles. The van der Waals surface area contributed by atoms with Crippen molar-refractivity contribution in [2.75, 3.05) is 6.73 Å². The van der Waals surface area contributed by atoms with E-state index in [2.05, 4.69) is 10.1 Å². The summed E-state index contributed by atoms with van der Waals surface area (Å²) < 4.78 is 3.52. The maximum absolute atomic E-state index is 11.5. The van der Waals surface area contributed by atoms with E-state index in [1.165, 1.54) is 6.92 Å². The zero-order valence-corrected chi connectivity index (χ0v) is 10.1. The lowest BCUT2D eigenvalue weighted by Gasteiger charge is -2.19. The molecule has 88 valence electrons. The lowest BCUT2D eigenvalue weighted by atomic mass is 10.0. The monoisotopic (exact) mass is 263 g/mol. The highest BCUT2D eigenvalue weighted by Gasteiger charge is 2.27. The number of alkyl halides is 2. The van der Waals surface area contributed by atoms with Gasteiger partial charge in [0.15, 0.2) is 6.73 Å². The van der Waals surface area contributed by atoms with Crippen molar-refractivity contribution in [2.24, 2.45) is 0 Å². The lowest BCUT2D eigenvalue weighted by molar-refractivity contribution is -0.142. The second-order valence-corrected chi connectivity index (χ2v) is 4.82. The molecule has 0 saturated heterocycles. The van der Waals surface area contributed by atoms with E-state index in [1.807, 2.05) is 0 Å². The molecule has 1 amide bonds. The number of allylic oxidation sites excluding steroid dienone is 3. The fourth-order valence-electron chi connectivity index (χ4n) is 1.15. The molecule has 6 heteroatoms. The van der Waals surface area contributed by atoms with Crippen molar-refractivity contribution < 1.29 is 14.3 Å². The van der Waals surface area contributed by atoms with Crippen molar-refractivity contribution >= 4 is 35.1 Å². The van der Waals surface area contributed by atoms with Gasteiger partial charge in [0.25, 0.3) is 0 Å². The Kier molecular flexibility index (Phi) is 4.38. The highest BCUT2D eigenvalue weighted by atomic mass is 35.5. The molecular weight excluding hydrogens is 253 g/mol. The highest BCUT2D eigenvalue weighted by Crippen LogP contribution is 2.33. The molecule has 1 aliphatic carbocycles. The topological polar surface area (TPSA) is 55.4 Å². The second-order valence-electron chi connectivity index (χ2n) is 3.27. The number of amides is 1. The molecule has 1 N–H and O–H groups in total. The molecule has 16 heavy (non-hydrogen) atoms. The minimum absolute atomic E-state index is 0.160. The van der Waals surface area contributed by atoms with Gasteiger partial charge in [-0.1, -0.05) is 35.4 Å². The predicted octanol–water partition coefficient (Wildman–Crippen LogP) is 1.68. The zero-order chi connectivity index (χ0) is 12.2. The van der Waals surface area contributed by atoms with Crippen molar-refractivity contribution in [1.82, 2.24) is 5.32 Å². The minimum atomic E-state index is -1.05. The Morgan fingerprint density at radius 1 is 1.56 bits per heavy atom. The Balaban J connectivity index is 2.46. The van der Waals surface area contributed by atoms with Crippen molar-refractivity contribution in [3.8, 4) is 0 Å². The van der Waals surface area contributed by atoms with Gasteiger partial charge in [-0.3, -0.25) is 9.59 Å². The predicted molar refractivity (Wildman–Crippen MR) is 61.1 cm³/mol. The number of halogens is 2. The van der Waals surface area contributed by atoms with Gasteiger partial charge in [0.2, 0.25) is 5.91 Å². The number of hydrogen-bond donors (Lipinski definition) is 1. The highest BCUT2D eigenvalue weighted by molar-refractivity contribution is 6.50. The third-order valence-corrected chi connectivity index (χ3v) is 2.38. The maximum atomic E-state index is 11.5. The summed E-state index contributed by atoms with van der Waals surface area (Å²) in [6.07, 6.45) is 5.05. The smallest absolute Gasteiger partial charge is 0.304 e. The molecular formula is C10H11Cl2NO3. The van der Waals surface area contributed by atoms with Crippen LogP contribution in [0, 0.1) is 0 Å². The summed E-state index contributed by atoms with van der Waals surface area (Å²) in [4.78, 5) is 22.0. The second kappa shape index (κ2) is 5.37. The van der Waals surface area contributed by atoms with Gasteiger partial charge in [-0.05, 0) is 6.08 Å². The summed E-state index contributed by atoms with van der Waals surface area (Å²) in [6, 6.07) is 0. The van der Waals surface area contributed by atoms with E-state index in [4.69, 9.17) is 23.2 Å². The molecule has 0 radical (unpaired) electrons. The Morgan fingerprint density at radius 2 is 2.25 bits per heavy atom. The summed E-state index contributed by atoms with van der Waals surface area (Å²) in [7, 11) is 0. The maximum Gasteiger partial charge on any atom is 0.304 e. The average molecular weight is 264 g/mol. The lowest BCUT2D eigenvalue weighted by Crippen LogP contribution is -2.31. The van der Waals surface area contributed by atoms with Crippen molar-refractivity contribution in [3.05, 3.63) is 23.8 Å². The third kappa shape index (κ3) is 4.24. The average Bonchev–Trinajstić information content (AvgIpc) is 2.15. The first kappa shape index (κ1) is 13.1. The van der Waals surface area contributed by atoms with Crippen LogP contribution in [0.5, 0.6) is 0 Å². The van der Waals surface area contributed by atoms with Crippen LogP contribution in [0.1, 0.15) is 13.3 Å². The molecule has 0 fully saturated rings. The molecule has 0 aromatic rings. The van der Waals surface area contributed by atoms with E-state index in [0.29, 0.717) is 5.57 Å². The molecule has 1 aliphatic rings. The normalized spacial score (nSPS) is 17.6. The van der Waals surface area contributed by atoms with Gasteiger partial charge >= 0.3 is 5.97 Å². The third-order valence-electron chi connectivity index (χ3n) is 1.86. The number of carbonyl (C=O) groups is 2. The van der Waals surface area contributed by atoms with Crippen LogP contribution in [0.25, 0.3) is 0 Å².